The average molecular weight is 439 g/mol. The van der Waals surface area contributed by atoms with Crippen LogP contribution in [0.3, 0.4) is 0 Å². The second-order valence-corrected chi connectivity index (χ2v) is 9.01. The lowest BCUT2D eigenvalue weighted by molar-refractivity contribution is -0.143. The van der Waals surface area contributed by atoms with Crippen molar-refractivity contribution in [1.82, 2.24) is 9.80 Å². The number of amides is 2. The van der Waals surface area contributed by atoms with E-state index in [2.05, 4.69) is 19.1 Å². The smallest absolute Gasteiger partial charge is 0.242 e. The van der Waals surface area contributed by atoms with Crippen LogP contribution in [-0.4, -0.2) is 41.2 Å². The summed E-state index contributed by atoms with van der Waals surface area (Å²) in [6, 6.07) is 14.1. The summed E-state index contributed by atoms with van der Waals surface area (Å²) >= 11 is 0. The molecule has 0 aliphatic heterocycles. The van der Waals surface area contributed by atoms with Crippen LogP contribution in [0.25, 0.3) is 0 Å². The molecule has 2 amide bonds. The molecular formula is C27H38N2O3. The number of unbranched alkanes of at least 4 members (excludes halogenated alkanes) is 2. The summed E-state index contributed by atoms with van der Waals surface area (Å²) in [5.41, 5.74) is 1.20. The Kier molecular flexibility index (Phi) is 9.39. The third-order valence-corrected chi connectivity index (χ3v) is 6.38. The summed E-state index contributed by atoms with van der Waals surface area (Å²) in [5.74, 6) is 1.88. The van der Waals surface area contributed by atoms with Gasteiger partial charge in [0.15, 0.2) is 0 Å². The van der Waals surface area contributed by atoms with Crippen molar-refractivity contribution in [2.75, 3.05) is 19.6 Å². The normalized spacial score (nSPS) is 13.9. The molecule has 1 aromatic carbocycles. The number of aryl methyl sites for hydroxylation is 1. The molecule has 0 radical (unpaired) electrons. The molecule has 5 heteroatoms. The molecule has 0 bridgehead atoms. The maximum Gasteiger partial charge on any atom is 0.242 e. The summed E-state index contributed by atoms with van der Waals surface area (Å²) in [4.78, 5) is 30.3. The number of furan rings is 1. The highest BCUT2D eigenvalue weighted by Crippen LogP contribution is 2.27. The van der Waals surface area contributed by atoms with Crippen LogP contribution >= 0.6 is 0 Å². The van der Waals surface area contributed by atoms with Crippen LogP contribution in [0.1, 0.15) is 69.0 Å². The Morgan fingerprint density at radius 2 is 1.72 bits per heavy atom. The van der Waals surface area contributed by atoms with Gasteiger partial charge in [-0.2, -0.15) is 0 Å². The standard InChI is InChI=1S/C27H38N2O3/c1-3-4-10-18-29(27(31)24-13-8-9-14-24)21-26(30)28(20-25-16-15-22(2)32-25)19-17-23-11-6-5-7-12-23/h5-7,11-12,15-16,24H,3-4,8-10,13-14,17-21H2,1-2H3. The van der Waals surface area contributed by atoms with Gasteiger partial charge in [0.05, 0.1) is 13.1 Å². The number of hydrogen-bond acceptors (Lipinski definition) is 3. The fourth-order valence-electron chi connectivity index (χ4n) is 4.47. The summed E-state index contributed by atoms with van der Waals surface area (Å²) in [7, 11) is 0. The fourth-order valence-corrected chi connectivity index (χ4v) is 4.47. The van der Waals surface area contributed by atoms with Crippen molar-refractivity contribution in [3.63, 3.8) is 0 Å². The molecule has 2 aromatic rings. The van der Waals surface area contributed by atoms with E-state index in [0.717, 1.165) is 62.9 Å². The highest BCUT2D eigenvalue weighted by molar-refractivity contribution is 5.86. The van der Waals surface area contributed by atoms with Crippen molar-refractivity contribution in [1.29, 1.82) is 0 Å². The Morgan fingerprint density at radius 1 is 0.969 bits per heavy atom. The second kappa shape index (κ2) is 12.5. The summed E-state index contributed by atoms with van der Waals surface area (Å²) in [5, 5.41) is 0. The molecule has 1 fully saturated rings. The first-order valence-corrected chi connectivity index (χ1v) is 12.2. The van der Waals surface area contributed by atoms with Crippen molar-refractivity contribution in [2.24, 2.45) is 5.92 Å². The molecule has 1 aliphatic carbocycles. The maximum absolute atomic E-state index is 13.4. The quantitative estimate of drug-likeness (QED) is 0.419. The van der Waals surface area contributed by atoms with Crippen molar-refractivity contribution in [3.8, 4) is 0 Å². The first-order chi connectivity index (χ1) is 15.6. The van der Waals surface area contributed by atoms with E-state index in [1.165, 1.54) is 5.56 Å². The van der Waals surface area contributed by atoms with Gasteiger partial charge >= 0.3 is 0 Å². The Balaban J connectivity index is 1.69. The molecule has 5 nitrogen and oxygen atoms in total. The molecule has 0 N–H and O–H groups in total. The Labute approximate surface area is 192 Å². The second-order valence-electron chi connectivity index (χ2n) is 9.01. The lowest BCUT2D eigenvalue weighted by Gasteiger charge is -2.29. The minimum absolute atomic E-state index is 0.00201. The minimum atomic E-state index is -0.00201. The predicted octanol–water partition coefficient (Wildman–Crippen LogP) is 5.37. The van der Waals surface area contributed by atoms with Crippen molar-refractivity contribution in [2.45, 2.75) is 71.8 Å². The molecule has 32 heavy (non-hydrogen) atoms. The van der Waals surface area contributed by atoms with Gasteiger partial charge in [0.2, 0.25) is 11.8 Å². The van der Waals surface area contributed by atoms with E-state index >= 15 is 0 Å². The Bertz CT molecular complexity index is 840. The highest BCUT2D eigenvalue weighted by atomic mass is 16.3. The van der Waals surface area contributed by atoms with E-state index in [0.29, 0.717) is 19.6 Å². The molecule has 0 atom stereocenters. The number of carbonyl (C=O) groups excluding carboxylic acids is 2. The van der Waals surface area contributed by atoms with Crippen LogP contribution in [-0.2, 0) is 22.6 Å². The number of carbonyl (C=O) groups is 2. The third-order valence-electron chi connectivity index (χ3n) is 6.38. The number of rotatable bonds is 12. The predicted molar refractivity (Wildman–Crippen MR) is 127 cm³/mol. The molecule has 1 heterocycles. The van der Waals surface area contributed by atoms with E-state index in [4.69, 9.17) is 4.42 Å². The van der Waals surface area contributed by atoms with Crippen LogP contribution in [0.5, 0.6) is 0 Å². The largest absolute Gasteiger partial charge is 0.464 e. The zero-order valence-corrected chi connectivity index (χ0v) is 19.7. The monoisotopic (exact) mass is 438 g/mol. The minimum Gasteiger partial charge on any atom is -0.464 e. The summed E-state index contributed by atoms with van der Waals surface area (Å²) < 4.78 is 5.75. The Hall–Kier alpha value is -2.56. The van der Waals surface area contributed by atoms with Gasteiger partial charge in [0, 0.05) is 19.0 Å². The molecular weight excluding hydrogens is 400 g/mol. The molecule has 0 saturated heterocycles. The molecule has 3 rings (SSSR count). The molecule has 1 aromatic heterocycles. The van der Waals surface area contributed by atoms with Gasteiger partial charge in [-0.15, -0.1) is 0 Å². The highest BCUT2D eigenvalue weighted by Gasteiger charge is 2.29. The summed E-state index contributed by atoms with van der Waals surface area (Å²) in [6.07, 6.45) is 8.05. The van der Waals surface area contributed by atoms with Crippen LogP contribution in [0, 0.1) is 12.8 Å². The maximum atomic E-state index is 13.4. The van der Waals surface area contributed by atoms with Crippen LogP contribution in [0.4, 0.5) is 0 Å². The first-order valence-electron chi connectivity index (χ1n) is 12.2. The first kappa shape index (κ1) is 24.1. The van der Waals surface area contributed by atoms with E-state index in [1.54, 1.807) is 0 Å². The van der Waals surface area contributed by atoms with Gasteiger partial charge < -0.3 is 14.2 Å². The zero-order chi connectivity index (χ0) is 22.8. The van der Waals surface area contributed by atoms with E-state index in [-0.39, 0.29) is 24.3 Å². The molecule has 0 spiro atoms. The average Bonchev–Trinajstić information content (AvgIpc) is 3.48. The van der Waals surface area contributed by atoms with Crippen LogP contribution in [0.2, 0.25) is 0 Å². The number of benzene rings is 1. The molecule has 1 saturated carbocycles. The van der Waals surface area contributed by atoms with Crippen molar-refractivity contribution in [3.05, 3.63) is 59.5 Å². The van der Waals surface area contributed by atoms with E-state index in [9.17, 15) is 9.59 Å². The topological polar surface area (TPSA) is 53.8 Å². The van der Waals surface area contributed by atoms with Crippen molar-refractivity contribution < 1.29 is 14.0 Å². The van der Waals surface area contributed by atoms with Gasteiger partial charge in [0.25, 0.3) is 0 Å². The Morgan fingerprint density at radius 3 is 2.38 bits per heavy atom. The SMILES string of the molecule is CCCCCN(CC(=O)N(CCc1ccccc1)Cc1ccc(C)o1)C(=O)C1CCCC1. The van der Waals surface area contributed by atoms with Gasteiger partial charge in [-0.25, -0.2) is 0 Å². The molecule has 0 unspecified atom stereocenters. The van der Waals surface area contributed by atoms with Gasteiger partial charge in [-0.1, -0.05) is 62.9 Å². The van der Waals surface area contributed by atoms with Crippen molar-refractivity contribution >= 4 is 11.8 Å². The van der Waals surface area contributed by atoms with Crippen LogP contribution in [0.15, 0.2) is 46.9 Å². The fraction of sp³-hybridized carbons (Fsp3) is 0.556. The number of hydrogen-bond donors (Lipinski definition) is 0. The lowest BCUT2D eigenvalue weighted by Crippen LogP contribution is -2.45. The van der Waals surface area contributed by atoms with Gasteiger partial charge in [0.1, 0.15) is 11.5 Å². The third kappa shape index (κ3) is 7.25. The van der Waals surface area contributed by atoms with E-state index < -0.39 is 0 Å². The molecule has 174 valence electrons. The lowest BCUT2D eigenvalue weighted by atomic mass is 10.1. The molecule has 1 aliphatic rings. The summed E-state index contributed by atoms with van der Waals surface area (Å²) in [6.45, 7) is 5.93. The zero-order valence-electron chi connectivity index (χ0n) is 19.7. The van der Waals surface area contributed by atoms with Gasteiger partial charge in [-0.3, -0.25) is 9.59 Å². The van der Waals surface area contributed by atoms with Gasteiger partial charge in [-0.05, 0) is 50.3 Å². The van der Waals surface area contributed by atoms with E-state index in [1.807, 2.05) is 47.1 Å². The van der Waals surface area contributed by atoms with Crippen LogP contribution < -0.4 is 0 Å². The number of nitrogens with zero attached hydrogens (tertiary/aromatic N) is 2.